The fourth-order valence-corrected chi connectivity index (χ4v) is 5.02. The van der Waals surface area contributed by atoms with Gasteiger partial charge in [-0.1, -0.05) is 12.1 Å². The third kappa shape index (κ3) is 5.09. The van der Waals surface area contributed by atoms with Gasteiger partial charge in [-0.3, -0.25) is 9.59 Å². The van der Waals surface area contributed by atoms with Gasteiger partial charge in [0.25, 0.3) is 5.91 Å². The highest BCUT2D eigenvalue weighted by Gasteiger charge is 2.30. The molecule has 0 unspecified atom stereocenters. The molecule has 2 fully saturated rings. The Kier molecular flexibility index (Phi) is 6.02. The Morgan fingerprint density at radius 2 is 2.00 bits per heavy atom. The van der Waals surface area contributed by atoms with Crippen molar-refractivity contribution >= 4 is 27.6 Å². The first kappa shape index (κ1) is 20.3. The van der Waals surface area contributed by atoms with Gasteiger partial charge in [0.1, 0.15) is 0 Å². The van der Waals surface area contributed by atoms with Crippen molar-refractivity contribution in [2.24, 2.45) is 0 Å². The normalized spacial score (nSPS) is 22.1. The Balaban J connectivity index is 1.50. The van der Waals surface area contributed by atoms with Gasteiger partial charge in [-0.25, -0.2) is 13.2 Å². The molecule has 0 bridgehead atoms. The smallest absolute Gasteiger partial charge is 0.338 e. The van der Waals surface area contributed by atoms with Crippen LogP contribution in [0.1, 0.15) is 42.1 Å². The zero-order chi connectivity index (χ0) is 20.3. The third-order valence-electron chi connectivity index (χ3n) is 4.97. The zero-order valence-corrected chi connectivity index (χ0v) is 16.5. The van der Waals surface area contributed by atoms with Crippen LogP contribution in [-0.2, 0) is 30.7 Å². The minimum absolute atomic E-state index is 0.0570. The molecule has 152 valence electrons. The number of nitrogens with one attached hydrogen (secondary N) is 1. The van der Waals surface area contributed by atoms with Crippen LogP contribution in [0, 0.1) is 0 Å². The fraction of sp³-hybridized carbons (Fsp3) is 0.526. The van der Waals surface area contributed by atoms with Gasteiger partial charge in [-0.2, -0.15) is 0 Å². The number of carbonyl (C=O) groups is 3. The van der Waals surface area contributed by atoms with Gasteiger partial charge in [-0.15, -0.1) is 0 Å². The lowest BCUT2D eigenvalue weighted by atomic mass is 10.1. The molecule has 2 aliphatic heterocycles. The van der Waals surface area contributed by atoms with Crippen LogP contribution in [0.15, 0.2) is 24.3 Å². The minimum Gasteiger partial charge on any atom is -0.449 e. The standard InChI is InChI=1S/C19H24N2O6S/c1-13(18(23)20-16-8-10-28(25,26)12-16)27-19(24)15-6-4-14(5-7-15)11-21-9-2-3-17(21)22/h4-7,13,16H,2-3,8-12H2,1H3,(H,20,23)/t13-,16-/m0/s1. The van der Waals surface area contributed by atoms with Crippen LogP contribution >= 0.6 is 0 Å². The number of amides is 2. The van der Waals surface area contributed by atoms with Crippen LogP contribution in [0.3, 0.4) is 0 Å². The second-order valence-electron chi connectivity index (χ2n) is 7.27. The van der Waals surface area contributed by atoms with Gasteiger partial charge in [0, 0.05) is 25.6 Å². The molecule has 0 spiro atoms. The summed E-state index contributed by atoms with van der Waals surface area (Å²) in [5.74, 6) is -1.04. The molecular weight excluding hydrogens is 384 g/mol. The molecule has 2 amide bonds. The van der Waals surface area contributed by atoms with E-state index in [1.165, 1.54) is 6.92 Å². The first-order valence-electron chi connectivity index (χ1n) is 9.32. The summed E-state index contributed by atoms with van der Waals surface area (Å²) < 4.78 is 28.1. The van der Waals surface area contributed by atoms with Gasteiger partial charge in [0.05, 0.1) is 17.1 Å². The van der Waals surface area contributed by atoms with Crippen LogP contribution in [0.25, 0.3) is 0 Å². The summed E-state index contributed by atoms with van der Waals surface area (Å²) in [5, 5.41) is 2.61. The van der Waals surface area contributed by atoms with Gasteiger partial charge < -0.3 is 15.0 Å². The maximum absolute atomic E-state index is 12.2. The van der Waals surface area contributed by atoms with E-state index in [2.05, 4.69) is 5.32 Å². The second-order valence-corrected chi connectivity index (χ2v) is 9.50. The number of rotatable bonds is 6. The minimum atomic E-state index is -3.10. The zero-order valence-electron chi connectivity index (χ0n) is 15.7. The molecule has 2 heterocycles. The van der Waals surface area contributed by atoms with Crippen LogP contribution in [0.2, 0.25) is 0 Å². The van der Waals surface area contributed by atoms with Crippen LogP contribution in [0.5, 0.6) is 0 Å². The van der Waals surface area contributed by atoms with E-state index in [1.807, 2.05) is 0 Å². The van der Waals surface area contributed by atoms with E-state index < -0.39 is 33.9 Å². The molecule has 3 rings (SSSR count). The monoisotopic (exact) mass is 408 g/mol. The summed E-state index contributed by atoms with van der Waals surface area (Å²) >= 11 is 0. The van der Waals surface area contributed by atoms with Gasteiger partial charge in [0.15, 0.2) is 15.9 Å². The van der Waals surface area contributed by atoms with E-state index in [1.54, 1.807) is 29.2 Å². The molecule has 0 aromatic heterocycles. The van der Waals surface area contributed by atoms with E-state index >= 15 is 0 Å². The predicted molar refractivity (Wildman–Crippen MR) is 101 cm³/mol. The number of benzene rings is 1. The molecule has 0 saturated carbocycles. The van der Waals surface area contributed by atoms with E-state index in [0.29, 0.717) is 24.9 Å². The van der Waals surface area contributed by atoms with E-state index in [4.69, 9.17) is 4.74 Å². The van der Waals surface area contributed by atoms with E-state index in [-0.39, 0.29) is 17.4 Å². The molecule has 1 N–H and O–H groups in total. The van der Waals surface area contributed by atoms with Crippen molar-refractivity contribution in [2.45, 2.75) is 44.9 Å². The second kappa shape index (κ2) is 8.30. The van der Waals surface area contributed by atoms with Crippen molar-refractivity contribution in [1.82, 2.24) is 10.2 Å². The Morgan fingerprint density at radius 1 is 1.29 bits per heavy atom. The molecule has 2 saturated heterocycles. The molecule has 28 heavy (non-hydrogen) atoms. The van der Waals surface area contributed by atoms with Crippen LogP contribution in [-0.4, -0.2) is 61.3 Å². The average Bonchev–Trinajstić information content (AvgIpc) is 3.20. The summed E-state index contributed by atoms with van der Waals surface area (Å²) in [6.07, 6.45) is 0.792. The maximum atomic E-state index is 12.2. The van der Waals surface area contributed by atoms with Crippen molar-refractivity contribution < 1.29 is 27.5 Å². The molecule has 9 heteroatoms. The fourth-order valence-electron chi connectivity index (χ4n) is 3.35. The summed E-state index contributed by atoms with van der Waals surface area (Å²) in [6.45, 7) is 2.71. The average molecular weight is 408 g/mol. The molecule has 1 aromatic carbocycles. The number of hydrogen-bond donors (Lipinski definition) is 1. The Labute approximate surface area is 164 Å². The van der Waals surface area contributed by atoms with Gasteiger partial charge >= 0.3 is 5.97 Å². The molecule has 8 nitrogen and oxygen atoms in total. The Morgan fingerprint density at radius 3 is 2.57 bits per heavy atom. The van der Waals surface area contributed by atoms with Gasteiger partial charge in [-0.05, 0) is 37.5 Å². The highest BCUT2D eigenvalue weighted by molar-refractivity contribution is 7.91. The molecule has 0 radical (unpaired) electrons. The maximum Gasteiger partial charge on any atom is 0.338 e. The number of likely N-dealkylation sites (tertiary alicyclic amines) is 1. The molecule has 2 aliphatic rings. The SMILES string of the molecule is C[C@H](OC(=O)c1ccc(CN2CCCC2=O)cc1)C(=O)N[C@H]1CCS(=O)(=O)C1. The summed E-state index contributed by atoms with van der Waals surface area (Å²) in [4.78, 5) is 37.8. The van der Waals surface area contributed by atoms with Crippen molar-refractivity contribution in [3.05, 3.63) is 35.4 Å². The van der Waals surface area contributed by atoms with Crippen LogP contribution < -0.4 is 5.32 Å². The quantitative estimate of drug-likeness (QED) is 0.693. The summed E-state index contributed by atoms with van der Waals surface area (Å²) in [7, 11) is -3.10. The number of nitrogens with zero attached hydrogens (tertiary/aromatic N) is 1. The first-order valence-corrected chi connectivity index (χ1v) is 11.1. The number of hydrogen-bond acceptors (Lipinski definition) is 6. The summed E-state index contributed by atoms with van der Waals surface area (Å²) in [6, 6.07) is 6.29. The lowest BCUT2D eigenvalue weighted by Crippen LogP contribution is -2.42. The third-order valence-corrected chi connectivity index (χ3v) is 6.73. The molecule has 0 aliphatic carbocycles. The molecule has 1 aromatic rings. The van der Waals surface area contributed by atoms with E-state index in [9.17, 15) is 22.8 Å². The number of carbonyl (C=O) groups excluding carboxylic acids is 3. The Hall–Kier alpha value is -2.42. The summed E-state index contributed by atoms with van der Waals surface area (Å²) in [5.41, 5.74) is 1.22. The highest BCUT2D eigenvalue weighted by atomic mass is 32.2. The van der Waals surface area contributed by atoms with Gasteiger partial charge in [0.2, 0.25) is 5.91 Å². The number of ether oxygens (including phenoxy) is 1. The first-order chi connectivity index (χ1) is 13.2. The largest absolute Gasteiger partial charge is 0.449 e. The van der Waals surface area contributed by atoms with Crippen molar-refractivity contribution in [2.75, 3.05) is 18.1 Å². The van der Waals surface area contributed by atoms with Crippen molar-refractivity contribution in [3.63, 3.8) is 0 Å². The van der Waals surface area contributed by atoms with Crippen molar-refractivity contribution in [1.29, 1.82) is 0 Å². The highest BCUT2D eigenvalue weighted by Crippen LogP contribution is 2.16. The predicted octanol–water partition coefficient (Wildman–Crippen LogP) is 0.658. The van der Waals surface area contributed by atoms with E-state index in [0.717, 1.165) is 18.5 Å². The number of esters is 1. The molecule has 2 atom stereocenters. The Bertz CT molecular complexity index is 865. The van der Waals surface area contributed by atoms with Crippen molar-refractivity contribution in [3.8, 4) is 0 Å². The number of sulfone groups is 1. The molecular formula is C19H24N2O6S. The topological polar surface area (TPSA) is 110 Å². The lowest BCUT2D eigenvalue weighted by molar-refractivity contribution is -0.129. The van der Waals surface area contributed by atoms with Crippen LogP contribution in [0.4, 0.5) is 0 Å². The lowest BCUT2D eigenvalue weighted by Gasteiger charge is -2.17.